The number of rotatable bonds is 4. The second-order valence-corrected chi connectivity index (χ2v) is 6.33. The first kappa shape index (κ1) is 13.7. The SMILES string of the molecule is COC(=O)CCSc1cc(Cl)c2scc(C)c2c1. The molecule has 0 aliphatic rings. The van der Waals surface area contributed by atoms with Crippen LogP contribution in [-0.4, -0.2) is 18.8 Å². The van der Waals surface area contributed by atoms with E-state index in [9.17, 15) is 4.79 Å². The van der Waals surface area contributed by atoms with Crippen molar-refractivity contribution in [2.24, 2.45) is 0 Å². The minimum atomic E-state index is -0.179. The Morgan fingerprint density at radius 2 is 2.28 bits per heavy atom. The van der Waals surface area contributed by atoms with Gasteiger partial charge in [-0.2, -0.15) is 0 Å². The summed E-state index contributed by atoms with van der Waals surface area (Å²) in [5, 5.41) is 4.10. The highest BCUT2D eigenvalue weighted by Gasteiger charge is 2.08. The van der Waals surface area contributed by atoms with Crippen LogP contribution in [0.15, 0.2) is 22.4 Å². The molecule has 0 radical (unpaired) electrons. The van der Waals surface area contributed by atoms with Gasteiger partial charge in [0.25, 0.3) is 0 Å². The molecule has 0 bridgehead atoms. The normalized spacial score (nSPS) is 10.8. The highest BCUT2D eigenvalue weighted by Crippen LogP contribution is 2.36. The zero-order chi connectivity index (χ0) is 13.1. The van der Waals surface area contributed by atoms with Crippen LogP contribution in [0, 0.1) is 6.92 Å². The van der Waals surface area contributed by atoms with E-state index in [1.165, 1.54) is 18.1 Å². The first-order valence-corrected chi connectivity index (χ1v) is 7.73. The number of halogens is 1. The van der Waals surface area contributed by atoms with E-state index in [-0.39, 0.29) is 5.97 Å². The number of esters is 1. The van der Waals surface area contributed by atoms with E-state index in [0.29, 0.717) is 12.2 Å². The van der Waals surface area contributed by atoms with Gasteiger partial charge in [0.2, 0.25) is 0 Å². The van der Waals surface area contributed by atoms with Crippen molar-refractivity contribution in [3.63, 3.8) is 0 Å². The van der Waals surface area contributed by atoms with Gasteiger partial charge >= 0.3 is 5.97 Å². The second kappa shape index (κ2) is 5.95. The summed E-state index contributed by atoms with van der Waals surface area (Å²) in [5.74, 6) is 0.527. The largest absolute Gasteiger partial charge is 0.469 e. The third kappa shape index (κ3) is 2.99. The van der Waals surface area contributed by atoms with E-state index >= 15 is 0 Å². The van der Waals surface area contributed by atoms with Gasteiger partial charge in [-0.3, -0.25) is 4.79 Å². The molecule has 0 amide bonds. The van der Waals surface area contributed by atoms with Gasteiger partial charge in [-0.15, -0.1) is 23.1 Å². The van der Waals surface area contributed by atoms with Gasteiger partial charge in [-0.1, -0.05) is 11.6 Å². The summed E-state index contributed by atoms with van der Waals surface area (Å²) in [6.45, 7) is 2.08. The fourth-order valence-corrected chi connectivity index (χ4v) is 3.89. The molecule has 2 rings (SSSR count). The van der Waals surface area contributed by atoms with Crippen LogP contribution in [0.4, 0.5) is 0 Å². The van der Waals surface area contributed by atoms with E-state index in [4.69, 9.17) is 11.6 Å². The lowest BCUT2D eigenvalue weighted by molar-refractivity contribution is -0.140. The Morgan fingerprint density at radius 1 is 1.50 bits per heavy atom. The third-order valence-electron chi connectivity index (χ3n) is 2.60. The number of thiophene rings is 1. The van der Waals surface area contributed by atoms with Gasteiger partial charge in [0.1, 0.15) is 0 Å². The lowest BCUT2D eigenvalue weighted by Crippen LogP contribution is -2.00. The second-order valence-electron chi connectivity index (χ2n) is 3.88. The zero-order valence-electron chi connectivity index (χ0n) is 10.2. The molecular weight excluding hydrogens is 288 g/mol. The molecule has 1 aromatic carbocycles. The Labute approximate surface area is 119 Å². The average Bonchev–Trinajstić information content (AvgIpc) is 2.72. The number of hydrogen-bond acceptors (Lipinski definition) is 4. The number of ether oxygens (including phenoxy) is 1. The van der Waals surface area contributed by atoms with Crippen molar-refractivity contribution < 1.29 is 9.53 Å². The molecule has 96 valence electrons. The Hall–Kier alpha value is -0.710. The molecule has 0 atom stereocenters. The standard InChI is InChI=1S/C13H13ClO2S2/c1-8-7-18-13-10(8)5-9(6-11(13)14)17-4-3-12(15)16-2/h5-7H,3-4H2,1-2H3. The molecule has 0 fully saturated rings. The number of methoxy groups -OCH3 is 1. The number of thioether (sulfide) groups is 1. The number of aryl methyl sites for hydroxylation is 1. The Morgan fingerprint density at radius 3 is 3.00 bits per heavy atom. The van der Waals surface area contributed by atoms with E-state index in [2.05, 4.69) is 23.1 Å². The smallest absolute Gasteiger partial charge is 0.306 e. The van der Waals surface area contributed by atoms with Crippen LogP contribution in [0.3, 0.4) is 0 Å². The number of hydrogen-bond donors (Lipinski definition) is 0. The van der Waals surface area contributed by atoms with Gasteiger partial charge in [-0.05, 0) is 35.4 Å². The molecule has 2 nitrogen and oxygen atoms in total. The van der Waals surface area contributed by atoms with Crippen molar-refractivity contribution in [3.8, 4) is 0 Å². The van der Waals surface area contributed by atoms with Crippen molar-refractivity contribution in [1.29, 1.82) is 0 Å². The maximum Gasteiger partial charge on any atom is 0.306 e. The molecule has 18 heavy (non-hydrogen) atoms. The highest BCUT2D eigenvalue weighted by atomic mass is 35.5. The molecule has 1 heterocycles. The van der Waals surface area contributed by atoms with E-state index in [0.717, 1.165) is 14.6 Å². The van der Waals surface area contributed by atoms with Crippen molar-refractivity contribution >= 4 is 50.8 Å². The molecule has 0 saturated heterocycles. The summed E-state index contributed by atoms with van der Waals surface area (Å²) in [7, 11) is 1.41. The fraction of sp³-hybridized carbons (Fsp3) is 0.308. The maximum atomic E-state index is 11.0. The topological polar surface area (TPSA) is 26.3 Å². The van der Waals surface area contributed by atoms with Crippen molar-refractivity contribution in [3.05, 3.63) is 28.1 Å². The van der Waals surface area contributed by atoms with Gasteiger partial charge in [0.15, 0.2) is 0 Å². The van der Waals surface area contributed by atoms with Gasteiger partial charge in [0, 0.05) is 10.6 Å². The Kier molecular flexibility index (Phi) is 4.54. The number of carbonyl (C=O) groups is 1. The van der Waals surface area contributed by atoms with Gasteiger partial charge in [0.05, 0.1) is 23.3 Å². The molecule has 0 N–H and O–H groups in total. The summed E-state index contributed by atoms with van der Waals surface area (Å²) in [5.41, 5.74) is 1.24. The number of carbonyl (C=O) groups excluding carboxylic acids is 1. The maximum absolute atomic E-state index is 11.0. The predicted octanol–water partition coefficient (Wildman–Crippen LogP) is 4.52. The lowest BCUT2D eigenvalue weighted by Gasteiger charge is -2.03. The van der Waals surface area contributed by atoms with Crippen LogP contribution in [0.5, 0.6) is 0 Å². The minimum absolute atomic E-state index is 0.179. The van der Waals surface area contributed by atoms with E-state index in [1.807, 2.05) is 6.07 Å². The number of benzene rings is 1. The third-order valence-corrected chi connectivity index (χ3v) is 5.13. The summed E-state index contributed by atoms with van der Waals surface area (Å²) in [4.78, 5) is 12.1. The van der Waals surface area contributed by atoms with E-state index in [1.54, 1.807) is 23.1 Å². The molecule has 0 aliphatic heterocycles. The molecule has 2 aromatic rings. The lowest BCUT2D eigenvalue weighted by atomic mass is 10.2. The molecule has 5 heteroatoms. The van der Waals surface area contributed by atoms with Crippen molar-refractivity contribution in [1.82, 2.24) is 0 Å². The van der Waals surface area contributed by atoms with Gasteiger partial charge < -0.3 is 4.74 Å². The summed E-state index contributed by atoms with van der Waals surface area (Å²) in [6.07, 6.45) is 0.416. The molecule has 1 aromatic heterocycles. The van der Waals surface area contributed by atoms with Crippen LogP contribution < -0.4 is 0 Å². The molecule has 0 spiro atoms. The van der Waals surface area contributed by atoms with Crippen LogP contribution in [0.1, 0.15) is 12.0 Å². The quantitative estimate of drug-likeness (QED) is 0.613. The molecular formula is C13H13ClO2S2. The predicted molar refractivity (Wildman–Crippen MR) is 78.9 cm³/mol. The fourth-order valence-electron chi connectivity index (χ4n) is 1.63. The van der Waals surface area contributed by atoms with Crippen LogP contribution in [0.2, 0.25) is 5.02 Å². The Balaban J connectivity index is 2.14. The molecule has 0 aliphatic carbocycles. The average molecular weight is 301 g/mol. The van der Waals surface area contributed by atoms with Crippen LogP contribution in [-0.2, 0) is 9.53 Å². The monoisotopic (exact) mass is 300 g/mol. The van der Waals surface area contributed by atoms with Crippen molar-refractivity contribution in [2.45, 2.75) is 18.2 Å². The van der Waals surface area contributed by atoms with Crippen LogP contribution in [0.25, 0.3) is 10.1 Å². The number of fused-ring (bicyclic) bond motifs is 1. The summed E-state index contributed by atoms with van der Waals surface area (Å²) < 4.78 is 5.74. The highest BCUT2D eigenvalue weighted by molar-refractivity contribution is 7.99. The van der Waals surface area contributed by atoms with Crippen molar-refractivity contribution in [2.75, 3.05) is 12.9 Å². The summed E-state index contributed by atoms with van der Waals surface area (Å²) in [6, 6.07) is 4.09. The van der Waals surface area contributed by atoms with Gasteiger partial charge in [-0.25, -0.2) is 0 Å². The first-order chi connectivity index (χ1) is 8.61. The van der Waals surface area contributed by atoms with E-state index < -0.39 is 0 Å². The molecule has 0 unspecified atom stereocenters. The zero-order valence-corrected chi connectivity index (χ0v) is 12.5. The van der Waals surface area contributed by atoms with Crippen LogP contribution >= 0.6 is 34.7 Å². The summed E-state index contributed by atoms with van der Waals surface area (Å²) >= 11 is 9.54. The molecule has 0 saturated carbocycles. The minimum Gasteiger partial charge on any atom is -0.469 e. The first-order valence-electron chi connectivity index (χ1n) is 5.49. The Bertz CT molecular complexity index is 578.